The lowest BCUT2D eigenvalue weighted by Crippen LogP contribution is -2.37. The summed E-state index contributed by atoms with van der Waals surface area (Å²) in [7, 11) is 1.58. The van der Waals surface area contributed by atoms with Crippen molar-refractivity contribution in [3.8, 4) is 11.5 Å². The number of nitrogens with zero attached hydrogens (tertiary/aromatic N) is 1. The number of hydrogen-bond acceptors (Lipinski definition) is 4. The van der Waals surface area contributed by atoms with E-state index in [1.165, 1.54) is 0 Å². The lowest BCUT2D eigenvalue weighted by atomic mass is 10.2. The van der Waals surface area contributed by atoms with Gasteiger partial charge in [-0.25, -0.2) is 4.99 Å². The van der Waals surface area contributed by atoms with E-state index >= 15 is 0 Å². The molecule has 0 heterocycles. The molecule has 7 nitrogen and oxygen atoms in total. The number of amides is 1. The summed E-state index contributed by atoms with van der Waals surface area (Å²) in [4.78, 5) is 16.1. The van der Waals surface area contributed by atoms with Crippen molar-refractivity contribution in [3.63, 3.8) is 0 Å². The minimum atomic E-state index is -0.156. The number of guanidine groups is 1. The zero-order chi connectivity index (χ0) is 19.2. The van der Waals surface area contributed by atoms with Crippen LogP contribution < -0.4 is 25.4 Å². The first kappa shape index (κ1) is 25.3. The molecule has 0 unspecified atom stereocenters. The van der Waals surface area contributed by atoms with Crippen LogP contribution in [0, 0.1) is 0 Å². The highest BCUT2D eigenvalue weighted by Gasteiger charge is 2.08. The van der Waals surface area contributed by atoms with Crippen LogP contribution in [0.3, 0.4) is 0 Å². The molecule has 3 N–H and O–H groups in total. The Morgan fingerprint density at radius 3 is 2.44 bits per heavy atom. The summed E-state index contributed by atoms with van der Waals surface area (Å²) >= 11 is 0. The number of carbonyl (C=O) groups is 1. The van der Waals surface area contributed by atoms with Crippen molar-refractivity contribution in [2.75, 3.05) is 33.4 Å². The minimum absolute atomic E-state index is 0. The average Bonchev–Trinajstić information content (AvgIpc) is 2.65. The van der Waals surface area contributed by atoms with Crippen molar-refractivity contribution in [1.82, 2.24) is 16.0 Å². The number of ether oxygens (including phenoxy) is 2. The molecule has 27 heavy (non-hydrogen) atoms. The van der Waals surface area contributed by atoms with Gasteiger partial charge in [-0.1, -0.05) is 19.4 Å². The van der Waals surface area contributed by atoms with Gasteiger partial charge in [0.25, 0.3) is 5.91 Å². The normalized spacial score (nSPS) is 10.6. The molecule has 0 saturated heterocycles. The highest BCUT2D eigenvalue weighted by molar-refractivity contribution is 14.0. The van der Waals surface area contributed by atoms with Gasteiger partial charge in [-0.2, -0.15) is 0 Å². The quantitative estimate of drug-likeness (QED) is 0.192. The number of methoxy groups -OCH3 is 1. The van der Waals surface area contributed by atoms with E-state index in [0.717, 1.165) is 37.5 Å². The molecule has 154 valence electrons. The second-order valence-corrected chi connectivity index (χ2v) is 5.70. The van der Waals surface area contributed by atoms with Crippen molar-refractivity contribution in [2.24, 2.45) is 4.99 Å². The van der Waals surface area contributed by atoms with E-state index in [4.69, 9.17) is 9.47 Å². The molecule has 0 fully saturated rings. The predicted molar refractivity (Wildman–Crippen MR) is 120 cm³/mol. The van der Waals surface area contributed by atoms with Crippen LogP contribution in [-0.4, -0.2) is 45.2 Å². The maximum absolute atomic E-state index is 11.5. The summed E-state index contributed by atoms with van der Waals surface area (Å²) in [5, 5.41) is 9.24. The Kier molecular flexibility index (Phi) is 14.4. The van der Waals surface area contributed by atoms with Gasteiger partial charge in [0.15, 0.2) is 24.1 Å². The van der Waals surface area contributed by atoms with E-state index in [-0.39, 0.29) is 36.5 Å². The zero-order valence-corrected chi connectivity index (χ0v) is 19.1. The summed E-state index contributed by atoms with van der Waals surface area (Å²) in [6, 6.07) is 5.61. The number of unbranched alkanes of at least 4 members (excludes halogenated alkanes) is 1. The first-order valence-electron chi connectivity index (χ1n) is 9.23. The van der Waals surface area contributed by atoms with Gasteiger partial charge in [0.1, 0.15) is 0 Å². The number of rotatable bonds is 11. The van der Waals surface area contributed by atoms with Gasteiger partial charge in [0.2, 0.25) is 0 Å². The molecule has 0 aliphatic carbocycles. The van der Waals surface area contributed by atoms with E-state index in [0.29, 0.717) is 24.6 Å². The van der Waals surface area contributed by atoms with Crippen LogP contribution in [0.4, 0.5) is 0 Å². The SMILES string of the molecule is CCCCNC(=NCc1ccc(OCC(=O)NCC)c(OC)c1)NCC.I. The molecule has 0 atom stereocenters. The number of aliphatic imine (C=N–C) groups is 1. The van der Waals surface area contributed by atoms with Crippen LogP contribution in [0.5, 0.6) is 11.5 Å². The third kappa shape index (κ3) is 10.3. The maximum atomic E-state index is 11.5. The Morgan fingerprint density at radius 2 is 1.81 bits per heavy atom. The second kappa shape index (κ2) is 15.4. The Morgan fingerprint density at radius 1 is 1.07 bits per heavy atom. The van der Waals surface area contributed by atoms with Gasteiger partial charge in [0.05, 0.1) is 13.7 Å². The van der Waals surface area contributed by atoms with Crippen LogP contribution in [-0.2, 0) is 11.3 Å². The molecule has 1 aromatic rings. The first-order valence-corrected chi connectivity index (χ1v) is 9.23. The fourth-order valence-electron chi connectivity index (χ4n) is 2.22. The molecular weight excluding hydrogens is 459 g/mol. The van der Waals surface area contributed by atoms with E-state index in [1.54, 1.807) is 13.2 Å². The monoisotopic (exact) mass is 492 g/mol. The largest absolute Gasteiger partial charge is 0.493 e. The van der Waals surface area contributed by atoms with Crippen LogP contribution in [0.2, 0.25) is 0 Å². The molecule has 1 aromatic carbocycles. The van der Waals surface area contributed by atoms with Crippen LogP contribution in [0.25, 0.3) is 0 Å². The second-order valence-electron chi connectivity index (χ2n) is 5.70. The van der Waals surface area contributed by atoms with Crippen LogP contribution in [0.1, 0.15) is 39.2 Å². The third-order valence-corrected chi connectivity index (χ3v) is 3.55. The minimum Gasteiger partial charge on any atom is -0.493 e. The number of nitrogens with one attached hydrogen (secondary N) is 3. The third-order valence-electron chi connectivity index (χ3n) is 3.55. The summed E-state index contributed by atoms with van der Waals surface area (Å²) in [5.74, 6) is 1.78. The Hall–Kier alpha value is -1.71. The van der Waals surface area contributed by atoms with Crippen LogP contribution >= 0.6 is 24.0 Å². The smallest absolute Gasteiger partial charge is 0.257 e. The highest BCUT2D eigenvalue weighted by atomic mass is 127. The summed E-state index contributed by atoms with van der Waals surface area (Å²) in [5.41, 5.74) is 1.000. The number of carbonyl (C=O) groups excluding carboxylic acids is 1. The van der Waals surface area contributed by atoms with Gasteiger partial charge < -0.3 is 25.4 Å². The molecule has 0 aliphatic heterocycles. The molecule has 1 rings (SSSR count). The Balaban J connectivity index is 0.00000676. The lowest BCUT2D eigenvalue weighted by molar-refractivity contribution is -0.123. The average molecular weight is 492 g/mol. The molecule has 0 aliphatic rings. The van der Waals surface area contributed by atoms with Crippen molar-refractivity contribution in [1.29, 1.82) is 0 Å². The summed E-state index contributed by atoms with van der Waals surface area (Å²) in [6.07, 6.45) is 2.25. The molecule has 0 saturated carbocycles. The molecule has 1 amide bonds. The van der Waals surface area contributed by atoms with Gasteiger partial charge in [-0.15, -0.1) is 24.0 Å². The number of halogens is 1. The molecule has 8 heteroatoms. The van der Waals surface area contributed by atoms with Crippen molar-refractivity contribution in [3.05, 3.63) is 23.8 Å². The van der Waals surface area contributed by atoms with Gasteiger partial charge in [-0.05, 0) is 38.0 Å². The fourth-order valence-corrected chi connectivity index (χ4v) is 2.22. The Labute approximate surface area is 179 Å². The molecular formula is C19H33IN4O3. The molecule has 0 spiro atoms. The predicted octanol–water partition coefficient (Wildman–Crippen LogP) is 2.68. The van der Waals surface area contributed by atoms with E-state index in [1.807, 2.05) is 26.0 Å². The lowest BCUT2D eigenvalue weighted by Gasteiger charge is -2.13. The van der Waals surface area contributed by atoms with Crippen LogP contribution in [0.15, 0.2) is 23.2 Å². The van der Waals surface area contributed by atoms with E-state index in [9.17, 15) is 4.79 Å². The number of benzene rings is 1. The fraction of sp³-hybridized carbons (Fsp3) is 0.579. The van der Waals surface area contributed by atoms with Crippen molar-refractivity contribution in [2.45, 2.75) is 40.2 Å². The van der Waals surface area contributed by atoms with Gasteiger partial charge >= 0.3 is 0 Å². The number of likely N-dealkylation sites (N-methyl/N-ethyl adjacent to an activating group) is 1. The molecule has 0 radical (unpaired) electrons. The maximum Gasteiger partial charge on any atom is 0.257 e. The molecule has 0 aromatic heterocycles. The van der Waals surface area contributed by atoms with Gasteiger partial charge in [0, 0.05) is 19.6 Å². The standard InChI is InChI=1S/C19H32N4O3.HI/c1-5-8-11-22-19(21-7-3)23-13-15-9-10-16(17(12-15)25-4)26-14-18(24)20-6-2;/h9-10,12H,5-8,11,13-14H2,1-4H3,(H,20,24)(H2,21,22,23);1H. The summed E-state index contributed by atoms with van der Waals surface area (Å²) < 4.78 is 10.9. The topological polar surface area (TPSA) is 84.0 Å². The first-order chi connectivity index (χ1) is 12.6. The summed E-state index contributed by atoms with van der Waals surface area (Å²) in [6.45, 7) is 8.85. The Bertz CT molecular complexity index is 582. The number of hydrogen-bond donors (Lipinski definition) is 3. The van der Waals surface area contributed by atoms with Gasteiger partial charge in [-0.3, -0.25) is 4.79 Å². The van der Waals surface area contributed by atoms with Crippen molar-refractivity contribution < 1.29 is 14.3 Å². The van der Waals surface area contributed by atoms with Crippen molar-refractivity contribution >= 4 is 35.8 Å². The zero-order valence-electron chi connectivity index (χ0n) is 16.8. The van der Waals surface area contributed by atoms with E-state index < -0.39 is 0 Å². The molecule has 0 bridgehead atoms. The van der Waals surface area contributed by atoms with E-state index in [2.05, 4.69) is 27.9 Å². The highest BCUT2D eigenvalue weighted by Crippen LogP contribution is 2.28.